The molecule has 0 saturated carbocycles. The molecule has 0 N–H and O–H groups in total. The van der Waals surface area contributed by atoms with Gasteiger partial charge in [0.25, 0.3) is 0 Å². The maximum absolute atomic E-state index is 12.7. The van der Waals surface area contributed by atoms with Gasteiger partial charge in [0.05, 0.1) is 13.7 Å². The van der Waals surface area contributed by atoms with Gasteiger partial charge in [-0.3, -0.25) is 4.90 Å². The Kier molecular flexibility index (Phi) is 4.80. The van der Waals surface area contributed by atoms with E-state index in [0.717, 1.165) is 30.7 Å². The molecule has 1 aliphatic rings. The molecule has 2 aromatic rings. The first kappa shape index (κ1) is 16.8. The standard InChI is InChI=1S/C17H20F3N3O/c1-24-14-6-4-13(5-7-14)15-3-2-9-22(15)11-16-21-8-10-23(16)12-17(18,19)20/h4-8,10,15H,2-3,9,11-12H2,1H3. The summed E-state index contributed by atoms with van der Waals surface area (Å²) in [5.41, 5.74) is 1.15. The van der Waals surface area contributed by atoms with E-state index < -0.39 is 12.7 Å². The van der Waals surface area contributed by atoms with Crippen LogP contribution in [0.4, 0.5) is 13.2 Å². The van der Waals surface area contributed by atoms with E-state index in [4.69, 9.17) is 4.74 Å². The Balaban J connectivity index is 1.73. The van der Waals surface area contributed by atoms with Gasteiger partial charge in [0.15, 0.2) is 0 Å². The first-order chi connectivity index (χ1) is 11.5. The fourth-order valence-corrected chi connectivity index (χ4v) is 3.23. The van der Waals surface area contributed by atoms with Crippen LogP contribution in [0, 0.1) is 0 Å². The number of likely N-dealkylation sites (tertiary alicyclic amines) is 1. The molecule has 1 aromatic heterocycles. The lowest BCUT2D eigenvalue weighted by Gasteiger charge is -2.25. The van der Waals surface area contributed by atoms with Crippen LogP contribution in [-0.2, 0) is 13.1 Å². The van der Waals surface area contributed by atoms with Crippen LogP contribution in [0.3, 0.4) is 0 Å². The maximum Gasteiger partial charge on any atom is 0.406 e. The molecule has 24 heavy (non-hydrogen) atoms. The molecule has 1 atom stereocenters. The van der Waals surface area contributed by atoms with Crippen LogP contribution in [0.1, 0.15) is 30.3 Å². The van der Waals surface area contributed by atoms with Gasteiger partial charge in [0.2, 0.25) is 0 Å². The number of aromatic nitrogens is 2. The van der Waals surface area contributed by atoms with Gasteiger partial charge in [-0.2, -0.15) is 13.2 Å². The zero-order chi connectivity index (χ0) is 17.2. The molecule has 1 fully saturated rings. The predicted octanol–water partition coefficient (Wildman–Crippen LogP) is 3.79. The average molecular weight is 339 g/mol. The van der Waals surface area contributed by atoms with Crippen molar-refractivity contribution >= 4 is 0 Å². The lowest BCUT2D eigenvalue weighted by Crippen LogP contribution is -2.26. The fourth-order valence-electron chi connectivity index (χ4n) is 3.23. The molecule has 1 unspecified atom stereocenters. The SMILES string of the molecule is COc1ccc(C2CCCN2Cc2nccn2CC(F)(F)F)cc1. The Bertz CT molecular complexity index is 666. The number of benzene rings is 1. The van der Waals surface area contributed by atoms with Gasteiger partial charge < -0.3 is 9.30 Å². The summed E-state index contributed by atoms with van der Waals surface area (Å²) in [5, 5.41) is 0. The Morgan fingerprint density at radius 1 is 1.25 bits per heavy atom. The number of imidazole rings is 1. The molecule has 0 spiro atoms. The molecule has 0 aliphatic carbocycles. The van der Waals surface area contributed by atoms with Gasteiger partial charge in [-0.15, -0.1) is 0 Å². The average Bonchev–Trinajstić information content (AvgIpc) is 3.16. The van der Waals surface area contributed by atoms with E-state index in [2.05, 4.69) is 9.88 Å². The monoisotopic (exact) mass is 339 g/mol. The van der Waals surface area contributed by atoms with E-state index in [-0.39, 0.29) is 6.04 Å². The summed E-state index contributed by atoms with van der Waals surface area (Å²) in [6, 6.07) is 8.06. The molecule has 130 valence electrons. The van der Waals surface area contributed by atoms with Crippen molar-refractivity contribution in [2.45, 2.75) is 38.1 Å². The van der Waals surface area contributed by atoms with Gasteiger partial charge in [-0.25, -0.2) is 4.98 Å². The van der Waals surface area contributed by atoms with Gasteiger partial charge in [-0.1, -0.05) is 12.1 Å². The highest BCUT2D eigenvalue weighted by atomic mass is 19.4. The highest BCUT2D eigenvalue weighted by molar-refractivity contribution is 5.29. The third kappa shape index (κ3) is 3.90. The van der Waals surface area contributed by atoms with Gasteiger partial charge >= 0.3 is 6.18 Å². The minimum absolute atomic E-state index is 0.201. The van der Waals surface area contributed by atoms with E-state index in [0.29, 0.717) is 12.4 Å². The molecule has 1 aliphatic heterocycles. The van der Waals surface area contributed by atoms with E-state index in [1.54, 1.807) is 7.11 Å². The van der Waals surface area contributed by atoms with Crippen LogP contribution in [0.2, 0.25) is 0 Å². The molecule has 0 bridgehead atoms. The number of nitrogens with zero attached hydrogens (tertiary/aromatic N) is 3. The van der Waals surface area contributed by atoms with Crippen molar-refractivity contribution in [3.8, 4) is 5.75 Å². The van der Waals surface area contributed by atoms with Crippen molar-refractivity contribution in [3.05, 3.63) is 48.0 Å². The molecule has 2 heterocycles. The number of rotatable bonds is 5. The second kappa shape index (κ2) is 6.84. The van der Waals surface area contributed by atoms with Crippen LogP contribution in [0.15, 0.2) is 36.7 Å². The summed E-state index contributed by atoms with van der Waals surface area (Å²) in [4.78, 5) is 6.31. The lowest BCUT2D eigenvalue weighted by molar-refractivity contribution is -0.141. The van der Waals surface area contributed by atoms with Crippen LogP contribution in [-0.4, -0.2) is 34.3 Å². The largest absolute Gasteiger partial charge is 0.497 e. The van der Waals surface area contributed by atoms with Crippen molar-refractivity contribution in [1.82, 2.24) is 14.5 Å². The highest BCUT2D eigenvalue weighted by Gasteiger charge is 2.31. The van der Waals surface area contributed by atoms with Crippen molar-refractivity contribution in [1.29, 1.82) is 0 Å². The van der Waals surface area contributed by atoms with Crippen molar-refractivity contribution in [3.63, 3.8) is 0 Å². The summed E-state index contributed by atoms with van der Waals surface area (Å²) in [5.74, 6) is 1.25. The topological polar surface area (TPSA) is 30.3 Å². The minimum Gasteiger partial charge on any atom is -0.497 e. The first-order valence-electron chi connectivity index (χ1n) is 7.91. The Morgan fingerprint density at radius 3 is 2.67 bits per heavy atom. The van der Waals surface area contributed by atoms with E-state index >= 15 is 0 Å². The van der Waals surface area contributed by atoms with Crippen LogP contribution >= 0.6 is 0 Å². The second-order valence-corrected chi connectivity index (χ2v) is 5.99. The maximum atomic E-state index is 12.7. The summed E-state index contributed by atoms with van der Waals surface area (Å²) in [7, 11) is 1.62. The number of hydrogen-bond donors (Lipinski definition) is 0. The molecule has 4 nitrogen and oxygen atoms in total. The van der Waals surface area contributed by atoms with Crippen LogP contribution in [0.25, 0.3) is 0 Å². The summed E-state index contributed by atoms with van der Waals surface area (Å²) >= 11 is 0. The molecule has 1 aromatic carbocycles. The highest BCUT2D eigenvalue weighted by Crippen LogP contribution is 2.33. The molecular formula is C17H20F3N3O. The normalized spacial score (nSPS) is 18.9. The molecule has 7 heteroatoms. The van der Waals surface area contributed by atoms with Gasteiger partial charge in [-0.05, 0) is 37.1 Å². The summed E-state index contributed by atoms with van der Waals surface area (Å²) < 4.78 is 44.3. The summed E-state index contributed by atoms with van der Waals surface area (Å²) in [6.07, 6.45) is 0.597. The summed E-state index contributed by atoms with van der Waals surface area (Å²) in [6.45, 7) is 0.277. The van der Waals surface area contributed by atoms with E-state index in [1.165, 1.54) is 17.0 Å². The Labute approximate surface area is 138 Å². The number of halogens is 3. The number of methoxy groups -OCH3 is 1. The van der Waals surface area contributed by atoms with Gasteiger partial charge in [0.1, 0.15) is 18.1 Å². The zero-order valence-electron chi connectivity index (χ0n) is 13.5. The number of ether oxygens (including phenoxy) is 1. The molecular weight excluding hydrogens is 319 g/mol. The Morgan fingerprint density at radius 2 is 2.00 bits per heavy atom. The smallest absolute Gasteiger partial charge is 0.406 e. The zero-order valence-corrected chi connectivity index (χ0v) is 13.5. The molecule has 1 saturated heterocycles. The molecule has 3 rings (SSSR count). The van der Waals surface area contributed by atoms with Crippen molar-refractivity contribution < 1.29 is 17.9 Å². The van der Waals surface area contributed by atoms with Crippen LogP contribution in [0.5, 0.6) is 5.75 Å². The van der Waals surface area contributed by atoms with Crippen molar-refractivity contribution in [2.75, 3.05) is 13.7 Å². The minimum atomic E-state index is -4.24. The molecule has 0 radical (unpaired) electrons. The molecule has 0 amide bonds. The van der Waals surface area contributed by atoms with E-state index in [9.17, 15) is 13.2 Å². The van der Waals surface area contributed by atoms with E-state index in [1.807, 2.05) is 24.3 Å². The Hall–Kier alpha value is -2.02. The number of hydrogen-bond acceptors (Lipinski definition) is 3. The third-order valence-electron chi connectivity index (χ3n) is 4.36. The quantitative estimate of drug-likeness (QED) is 0.830. The van der Waals surface area contributed by atoms with Gasteiger partial charge in [0, 0.05) is 18.4 Å². The number of alkyl halides is 3. The lowest BCUT2D eigenvalue weighted by atomic mass is 10.0. The van der Waals surface area contributed by atoms with Crippen molar-refractivity contribution in [2.24, 2.45) is 0 Å². The second-order valence-electron chi connectivity index (χ2n) is 5.99. The first-order valence-corrected chi connectivity index (χ1v) is 7.91. The predicted molar refractivity (Wildman–Crippen MR) is 83.7 cm³/mol. The third-order valence-corrected chi connectivity index (χ3v) is 4.36. The fraction of sp³-hybridized carbons (Fsp3) is 0.471. The van der Waals surface area contributed by atoms with Crippen LogP contribution < -0.4 is 4.74 Å².